The number of amides is 1. The Balaban J connectivity index is 1.48. The number of nitrogens with zero attached hydrogens (tertiary/aromatic N) is 4. The molecule has 0 spiro atoms. The second kappa shape index (κ2) is 7.50. The number of benzene rings is 2. The fraction of sp³-hybridized carbons (Fsp3) is 0.174. The fourth-order valence-corrected chi connectivity index (χ4v) is 4.49. The first-order chi connectivity index (χ1) is 14.6. The molecular formula is C23H20N4O2S. The molecule has 5 aromatic rings. The number of para-hydroxylation sites is 3. The first-order valence-electron chi connectivity index (χ1n) is 9.68. The number of hydrogen-bond donors (Lipinski definition) is 0. The Hall–Kier alpha value is -3.32. The van der Waals surface area contributed by atoms with Gasteiger partial charge in [-0.2, -0.15) is 0 Å². The molecule has 0 aliphatic carbocycles. The fourth-order valence-electron chi connectivity index (χ4n) is 3.54. The van der Waals surface area contributed by atoms with Crippen molar-refractivity contribution in [1.29, 1.82) is 0 Å². The van der Waals surface area contributed by atoms with Crippen LogP contribution in [0.4, 0.5) is 0 Å². The Labute approximate surface area is 177 Å². The zero-order chi connectivity index (χ0) is 20.7. The van der Waals surface area contributed by atoms with Crippen molar-refractivity contribution < 1.29 is 9.21 Å². The number of furan rings is 1. The number of thioether (sulfide) groups is 1. The summed E-state index contributed by atoms with van der Waals surface area (Å²) in [5, 5.41) is 1.75. The maximum absolute atomic E-state index is 12.7. The quantitative estimate of drug-likeness (QED) is 0.307. The van der Waals surface area contributed by atoms with Crippen LogP contribution < -0.4 is 0 Å². The van der Waals surface area contributed by atoms with E-state index in [0.717, 1.165) is 44.3 Å². The van der Waals surface area contributed by atoms with E-state index in [1.54, 1.807) is 11.9 Å². The first-order valence-corrected chi connectivity index (χ1v) is 10.7. The summed E-state index contributed by atoms with van der Waals surface area (Å²) in [6.45, 7) is 2.34. The largest absolute Gasteiger partial charge is 0.464 e. The highest BCUT2D eigenvalue weighted by molar-refractivity contribution is 7.99. The van der Waals surface area contributed by atoms with Gasteiger partial charge in [-0.25, -0.2) is 9.97 Å². The van der Waals surface area contributed by atoms with Gasteiger partial charge in [-0.1, -0.05) is 36.0 Å². The highest BCUT2D eigenvalue weighted by atomic mass is 32.2. The van der Waals surface area contributed by atoms with Crippen molar-refractivity contribution in [2.75, 3.05) is 12.8 Å². The van der Waals surface area contributed by atoms with Crippen molar-refractivity contribution in [3.63, 3.8) is 0 Å². The molecule has 0 fully saturated rings. The van der Waals surface area contributed by atoms with Gasteiger partial charge in [0.25, 0.3) is 0 Å². The van der Waals surface area contributed by atoms with Gasteiger partial charge in [0.05, 0.1) is 28.8 Å². The molecule has 0 saturated carbocycles. The van der Waals surface area contributed by atoms with E-state index < -0.39 is 0 Å². The van der Waals surface area contributed by atoms with Gasteiger partial charge in [-0.3, -0.25) is 9.20 Å². The Morgan fingerprint density at radius 1 is 1.03 bits per heavy atom. The van der Waals surface area contributed by atoms with Gasteiger partial charge in [0.2, 0.25) is 5.91 Å². The Kier molecular flexibility index (Phi) is 4.67. The highest BCUT2D eigenvalue weighted by Crippen LogP contribution is 2.29. The van der Waals surface area contributed by atoms with Crippen molar-refractivity contribution in [3.8, 4) is 0 Å². The number of carbonyl (C=O) groups excluding carboxylic acids is 1. The molecule has 0 bridgehead atoms. The van der Waals surface area contributed by atoms with E-state index in [4.69, 9.17) is 14.4 Å². The number of rotatable bonds is 5. The van der Waals surface area contributed by atoms with Gasteiger partial charge in [-0.05, 0) is 43.3 Å². The molecule has 0 aliphatic rings. The van der Waals surface area contributed by atoms with Crippen molar-refractivity contribution in [2.45, 2.75) is 18.6 Å². The lowest BCUT2D eigenvalue weighted by atomic mass is 10.2. The van der Waals surface area contributed by atoms with Crippen molar-refractivity contribution in [2.24, 2.45) is 0 Å². The molecule has 0 saturated heterocycles. The molecule has 0 unspecified atom stereocenters. The molecule has 0 N–H and O–H groups in total. The van der Waals surface area contributed by atoms with Gasteiger partial charge >= 0.3 is 0 Å². The van der Waals surface area contributed by atoms with E-state index in [1.807, 2.05) is 72.0 Å². The van der Waals surface area contributed by atoms with Crippen LogP contribution in [0.25, 0.3) is 27.6 Å². The Morgan fingerprint density at radius 3 is 2.60 bits per heavy atom. The third-order valence-electron chi connectivity index (χ3n) is 5.05. The lowest BCUT2D eigenvalue weighted by molar-refractivity contribution is -0.127. The van der Waals surface area contributed by atoms with E-state index in [1.165, 1.54) is 11.8 Å². The van der Waals surface area contributed by atoms with Crippen LogP contribution in [0.3, 0.4) is 0 Å². The van der Waals surface area contributed by atoms with Gasteiger partial charge in [-0.15, -0.1) is 0 Å². The molecule has 0 radical (unpaired) electrons. The van der Waals surface area contributed by atoms with E-state index in [9.17, 15) is 4.79 Å². The topological polar surface area (TPSA) is 63.6 Å². The van der Waals surface area contributed by atoms with Crippen molar-refractivity contribution >= 4 is 45.3 Å². The standard InChI is InChI=1S/C23H20N4O2S/c1-15-11-12-16(29-15)13-26(2)21(28)14-30-23-25-18-8-4-3-7-17(18)22-24-19-9-5-6-10-20(19)27(22)23/h3-12H,13-14H2,1-2H3. The summed E-state index contributed by atoms with van der Waals surface area (Å²) in [4.78, 5) is 24.1. The maximum Gasteiger partial charge on any atom is 0.233 e. The minimum Gasteiger partial charge on any atom is -0.464 e. The van der Waals surface area contributed by atoms with E-state index in [-0.39, 0.29) is 11.7 Å². The summed E-state index contributed by atoms with van der Waals surface area (Å²) >= 11 is 1.43. The van der Waals surface area contributed by atoms with E-state index in [2.05, 4.69) is 0 Å². The van der Waals surface area contributed by atoms with Gasteiger partial charge < -0.3 is 9.32 Å². The monoisotopic (exact) mass is 416 g/mol. The predicted octanol–water partition coefficient (Wildman–Crippen LogP) is 4.69. The van der Waals surface area contributed by atoms with Gasteiger partial charge in [0, 0.05) is 12.4 Å². The second-order valence-corrected chi connectivity index (χ2v) is 8.16. The maximum atomic E-state index is 12.7. The molecule has 6 nitrogen and oxygen atoms in total. The van der Waals surface area contributed by atoms with Gasteiger partial charge in [0.15, 0.2) is 5.16 Å². The number of hydrogen-bond acceptors (Lipinski definition) is 5. The number of aromatic nitrogens is 3. The average Bonchev–Trinajstić information content (AvgIpc) is 3.35. The Bertz CT molecular complexity index is 1390. The van der Waals surface area contributed by atoms with Crippen LogP contribution in [0, 0.1) is 6.92 Å². The number of aryl methyl sites for hydroxylation is 1. The molecule has 7 heteroatoms. The third kappa shape index (κ3) is 3.31. The second-order valence-electron chi connectivity index (χ2n) is 7.22. The smallest absolute Gasteiger partial charge is 0.233 e. The first kappa shape index (κ1) is 18.7. The molecule has 0 aliphatic heterocycles. The van der Waals surface area contributed by atoms with Crippen LogP contribution in [0.2, 0.25) is 0 Å². The van der Waals surface area contributed by atoms with E-state index >= 15 is 0 Å². The minimum absolute atomic E-state index is 0.0154. The average molecular weight is 417 g/mol. The van der Waals surface area contributed by atoms with Crippen LogP contribution >= 0.6 is 11.8 Å². The van der Waals surface area contributed by atoms with Crippen LogP contribution in [0.5, 0.6) is 0 Å². The molecule has 150 valence electrons. The molecule has 2 aromatic carbocycles. The summed E-state index contributed by atoms with van der Waals surface area (Å²) in [7, 11) is 1.79. The summed E-state index contributed by atoms with van der Waals surface area (Å²) in [5.74, 6) is 1.92. The molecule has 3 aromatic heterocycles. The summed E-state index contributed by atoms with van der Waals surface area (Å²) in [5.41, 5.74) is 3.63. The van der Waals surface area contributed by atoms with Crippen LogP contribution in [-0.2, 0) is 11.3 Å². The van der Waals surface area contributed by atoms with Crippen LogP contribution in [0.15, 0.2) is 70.2 Å². The van der Waals surface area contributed by atoms with Crippen LogP contribution in [0.1, 0.15) is 11.5 Å². The predicted molar refractivity (Wildman–Crippen MR) is 119 cm³/mol. The highest BCUT2D eigenvalue weighted by Gasteiger charge is 2.17. The number of imidazole rings is 1. The lowest BCUT2D eigenvalue weighted by Gasteiger charge is -2.15. The molecule has 1 amide bonds. The summed E-state index contributed by atoms with van der Waals surface area (Å²) in [6.07, 6.45) is 0. The van der Waals surface area contributed by atoms with Crippen molar-refractivity contribution in [3.05, 3.63) is 72.2 Å². The molecule has 0 atom stereocenters. The molecule has 5 rings (SSSR count). The Morgan fingerprint density at radius 2 is 1.80 bits per heavy atom. The minimum atomic E-state index is 0.0154. The number of carbonyl (C=O) groups is 1. The molecular weight excluding hydrogens is 396 g/mol. The zero-order valence-corrected chi connectivity index (χ0v) is 17.5. The van der Waals surface area contributed by atoms with E-state index in [0.29, 0.717) is 6.54 Å². The summed E-state index contributed by atoms with van der Waals surface area (Å²) < 4.78 is 7.63. The lowest BCUT2D eigenvalue weighted by Crippen LogP contribution is -2.27. The van der Waals surface area contributed by atoms with Crippen molar-refractivity contribution in [1.82, 2.24) is 19.3 Å². The van der Waals surface area contributed by atoms with Crippen LogP contribution in [-0.4, -0.2) is 38.0 Å². The number of fused-ring (bicyclic) bond motifs is 5. The zero-order valence-electron chi connectivity index (χ0n) is 16.7. The summed E-state index contributed by atoms with van der Waals surface area (Å²) in [6, 6.07) is 19.8. The SMILES string of the molecule is Cc1ccc(CN(C)C(=O)CSc2nc3ccccc3c3nc4ccccc4n23)o1. The molecule has 3 heterocycles. The normalized spacial score (nSPS) is 11.5. The molecule has 30 heavy (non-hydrogen) atoms. The van der Waals surface area contributed by atoms with Gasteiger partial charge in [0.1, 0.15) is 17.2 Å². The third-order valence-corrected chi connectivity index (χ3v) is 5.98.